The maximum Gasteiger partial charge on any atom is 0.259 e. The number of hydrogen-bond acceptors (Lipinski definition) is 7. The van der Waals surface area contributed by atoms with Crippen LogP contribution in [0.2, 0.25) is 0 Å². The van der Waals surface area contributed by atoms with E-state index in [1.807, 2.05) is 48.0 Å². The number of morpholine rings is 1. The first-order valence-electron chi connectivity index (χ1n) is 14.0. The summed E-state index contributed by atoms with van der Waals surface area (Å²) in [6.07, 6.45) is 3.29. The highest BCUT2D eigenvalue weighted by atomic mass is 16.5. The Morgan fingerprint density at radius 3 is 2.73 bits per heavy atom. The predicted octanol–water partition coefficient (Wildman–Crippen LogP) is 3.18. The van der Waals surface area contributed by atoms with E-state index >= 15 is 0 Å². The minimum atomic E-state index is -0.176. The number of ether oxygens (including phenoxy) is 3. The largest absolute Gasteiger partial charge is 0.492 e. The lowest BCUT2D eigenvalue weighted by Crippen LogP contribution is -2.38. The minimum Gasteiger partial charge on any atom is -0.492 e. The molecule has 0 bridgehead atoms. The Hall–Kier alpha value is -3.73. The fraction of sp³-hybridized carbons (Fsp3) is 0.433. The molecule has 2 N–H and O–H groups in total. The van der Waals surface area contributed by atoms with E-state index in [1.165, 1.54) is 0 Å². The summed E-state index contributed by atoms with van der Waals surface area (Å²) in [6, 6.07) is 11.7. The molecule has 0 aliphatic carbocycles. The van der Waals surface area contributed by atoms with Crippen LogP contribution in [0.15, 0.2) is 47.4 Å². The van der Waals surface area contributed by atoms with Gasteiger partial charge in [-0.25, -0.2) is 0 Å². The summed E-state index contributed by atoms with van der Waals surface area (Å²) in [6.45, 7) is 8.47. The number of carbonyl (C=O) groups excluding carboxylic acids is 1. The molecule has 2 aromatic heterocycles. The number of carbonyl (C=O) groups is 1. The maximum atomic E-state index is 13.4. The molecule has 4 aromatic rings. The van der Waals surface area contributed by atoms with E-state index in [2.05, 4.69) is 20.3 Å². The van der Waals surface area contributed by atoms with Gasteiger partial charge < -0.3 is 24.5 Å². The van der Waals surface area contributed by atoms with E-state index in [-0.39, 0.29) is 17.5 Å². The Labute approximate surface area is 232 Å². The quantitative estimate of drug-likeness (QED) is 0.350. The third-order valence-corrected chi connectivity index (χ3v) is 7.82. The molecule has 210 valence electrons. The highest BCUT2D eigenvalue weighted by Crippen LogP contribution is 2.30. The molecule has 10 nitrogen and oxygen atoms in total. The summed E-state index contributed by atoms with van der Waals surface area (Å²) in [5.41, 5.74) is 3.60. The van der Waals surface area contributed by atoms with Gasteiger partial charge in [0, 0.05) is 50.3 Å². The molecule has 0 spiro atoms. The van der Waals surface area contributed by atoms with E-state index in [0.29, 0.717) is 42.8 Å². The van der Waals surface area contributed by atoms with Crippen molar-refractivity contribution >= 4 is 27.7 Å². The number of benzene rings is 2. The Bertz CT molecular complexity index is 1570. The second-order valence-corrected chi connectivity index (χ2v) is 10.5. The third kappa shape index (κ3) is 5.60. The standard InChI is InChI=1S/C30H35N5O5/c1-20-15-27-25(28-26(30(37)33-27)19-32-35(28)22-5-10-38-11-6-22)17-24(20)29(36)31-18-21-3-2-4-23(16-21)40-14-9-34-7-12-39-13-8-34/h2-4,15-17,19,22H,5-14,18H2,1H3,(H,31,36)(H,33,37). The molecule has 0 atom stereocenters. The zero-order valence-electron chi connectivity index (χ0n) is 22.8. The van der Waals surface area contributed by atoms with E-state index in [9.17, 15) is 9.59 Å². The van der Waals surface area contributed by atoms with Crippen LogP contribution in [0.3, 0.4) is 0 Å². The number of pyridine rings is 1. The van der Waals surface area contributed by atoms with Crippen LogP contribution in [0.1, 0.15) is 40.4 Å². The molecule has 4 heterocycles. The molecule has 2 fully saturated rings. The van der Waals surface area contributed by atoms with Crippen LogP contribution in [-0.4, -0.2) is 78.2 Å². The molecule has 0 saturated carbocycles. The summed E-state index contributed by atoms with van der Waals surface area (Å²) < 4.78 is 18.8. The van der Waals surface area contributed by atoms with E-state index < -0.39 is 0 Å². The van der Waals surface area contributed by atoms with Crippen molar-refractivity contribution in [2.75, 3.05) is 52.7 Å². The van der Waals surface area contributed by atoms with Gasteiger partial charge in [0.05, 0.1) is 41.9 Å². The second-order valence-electron chi connectivity index (χ2n) is 10.5. The van der Waals surface area contributed by atoms with Crippen LogP contribution in [0.4, 0.5) is 0 Å². The monoisotopic (exact) mass is 545 g/mol. The second kappa shape index (κ2) is 11.8. The number of fused-ring (bicyclic) bond motifs is 3. The average molecular weight is 546 g/mol. The van der Waals surface area contributed by atoms with Gasteiger partial charge in [0.25, 0.3) is 11.5 Å². The van der Waals surface area contributed by atoms with Crippen LogP contribution >= 0.6 is 0 Å². The maximum absolute atomic E-state index is 13.4. The molecular weight excluding hydrogens is 510 g/mol. The molecule has 6 rings (SSSR count). The van der Waals surface area contributed by atoms with Crippen molar-refractivity contribution in [2.24, 2.45) is 0 Å². The number of aryl methyl sites for hydroxylation is 1. The average Bonchev–Trinajstić information content (AvgIpc) is 3.43. The first-order chi connectivity index (χ1) is 19.6. The molecule has 2 saturated heterocycles. The van der Waals surface area contributed by atoms with Gasteiger partial charge in [0.15, 0.2) is 0 Å². The topological polar surface area (TPSA) is 111 Å². The van der Waals surface area contributed by atoms with Gasteiger partial charge in [-0.15, -0.1) is 0 Å². The first-order valence-corrected chi connectivity index (χ1v) is 14.0. The molecule has 0 radical (unpaired) electrons. The summed E-state index contributed by atoms with van der Waals surface area (Å²) in [5.74, 6) is 0.615. The van der Waals surface area contributed by atoms with Crippen molar-refractivity contribution in [2.45, 2.75) is 32.4 Å². The number of hydrogen-bond donors (Lipinski definition) is 2. The van der Waals surface area contributed by atoms with Crippen LogP contribution in [-0.2, 0) is 16.0 Å². The minimum absolute atomic E-state index is 0.151. The number of H-pyrrole nitrogens is 1. The summed E-state index contributed by atoms with van der Waals surface area (Å²) >= 11 is 0. The van der Waals surface area contributed by atoms with Gasteiger partial charge in [-0.1, -0.05) is 12.1 Å². The predicted molar refractivity (Wildman–Crippen MR) is 152 cm³/mol. The molecule has 2 aliphatic rings. The molecular formula is C30H35N5O5. The zero-order chi connectivity index (χ0) is 27.5. The SMILES string of the molecule is Cc1cc2[nH]c(=O)c3cnn(C4CCOCC4)c3c2cc1C(=O)NCc1cccc(OCCN2CCOCC2)c1. The molecule has 40 heavy (non-hydrogen) atoms. The van der Waals surface area contributed by atoms with Crippen molar-refractivity contribution in [1.29, 1.82) is 0 Å². The van der Waals surface area contributed by atoms with Crippen LogP contribution in [0.5, 0.6) is 5.75 Å². The molecule has 0 unspecified atom stereocenters. The Balaban J connectivity index is 1.19. The number of amides is 1. The Morgan fingerprint density at radius 2 is 1.90 bits per heavy atom. The van der Waals surface area contributed by atoms with Crippen LogP contribution < -0.4 is 15.6 Å². The lowest BCUT2D eigenvalue weighted by atomic mass is 10.0. The van der Waals surface area contributed by atoms with Crippen molar-refractivity contribution in [3.05, 3.63) is 69.6 Å². The molecule has 2 aromatic carbocycles. The van der Waals surface area contributed by atoms with Crippen molar-refractivity contribution < 1.29 is 19.0 Å². The summed E-state index contributed by atoms with van der Waals surface area (Å²) in [7, 11) is 0. The van der Waals surface area contributed by atoms with Crippen LogP contribution in [0.25, 0.3) is 21.8 Å². The number of aromatic nitrogens is 3. The van der Waals surface area contributed by atoms with Gasteiger partial charge in [-0.05, 0) is 55.2 Å². The third-order valence-electron chi connectivity index (χ3n) is 7.82. The number of nitrogens with one attached hydrogen (secondary N) is 2. The number of nitrogens with zero attached hydrogens (tertiary/aromatic N) is 3. The number of rotatable bonds is 8. The normalized spacial score (nSPS) is 16.9. The highest BCUT2D eigenvalue weighted by molar-refractivity contribution is 6.07. The van der Waals surface area contributed by atoms with Gasteiger partial charge in [0.2, 0.25) is 0 Å². The van der Waals surface area contributed by atoms with E-state index in [0.717, 1.165) is 73.5 Å². The molecule has 1 amide bonds. The first kappa shape index (κ1) is 26.5. The summed E-state index contributed by atoms with van der Waals surface area (Å²) in [5, 5.41) is 8.98. The van der Waals surface area contributed by atoms with Crippen molar-refractivity contribution in [3.8, 4) is 5.75 Å². The van der Waals surface area contributed by atoms with E-state index in [1.54, 1.807) is 6.20 Å². The van der Waals surface area contributed by atoms with Crippen LogP contribution in [0, 0.1) is 6.92 Å². The van der Waals surface area contributed by atoms with Gasteiger partial charge in [-0.2, -0.15) is 5.10 Å². The van der Waals surface area contributed by atoms with Gasteiger partial charge in [0.1, 0.15) is 12.4 Å². The lowest BCUT2D eigenvalue weighted by Gasteiger charge is -2.26. The van der Waals surface area contributed by atoms with Gasteiger partial charge >= 0.3 is 0 Å². The number of aromatic amines is 1. The molecule has 10 heteroatoms. The van der Waals surface area contributed by atoms with Crippen molar-refractivity contribution in [1.82, 2.24) is 25.0 Å². The van der Waals surface area contributed by atoms with Gasteiger partial charge in [-0.3, -0.25) is 19.2 Å². The summed E-state index contributed by atoms with van der Waals surface area (Å²) in [4.78, 5) is 31.5. The zero-order valence-corrected chi connectivity index (χ0v) is 22.8. The molecule has 2 aliphatic heterocycles. The fourth-order valence-electron chi connectivity index (χ4n) is 5.59. The lowest BCUT2D eigenvalue weighted by molar-refractivity contribution is 0.0322. The Kier molecular flexibility index (Phi) is 7.81. The van der Waals surface area contributed by atoms with Crippen molar-refractivity contribution in [3.63, 3.8) is 0 Å². The fourth-order valence-corrected chi connectivity index (χ4v) is 5.59. The van der Waals surface area contributed by atoms with E-state index in [4.69, 9.17) is 14.2 Å². The Morgan fingerprint density at radius 1 is 1.10 bits per heavy atom. The highest BCUT2D eigenvalue weighted by Gasteiger charge is 2.22. The smallest absolute Gasteiger partial charge is 0.259 e.